The fourth-order valence-corrected chi connectivity index (χ4v) is 3.45. The molecule has 2 aromatic carbocycles. The summed E-state index contributed by atoms with van der Waals surface area (Å²) in [6, 6.07) is 20.4. The van der Waals surface area contributed by atoms with Gasteiger partial charge < -0.3 is 10.0 Å². The molecule has 3 heteroatoms. The van der Waals surface area contributed by atoms with Crippen LogP contribution in [0.15, 0.2) is 66.9 Å². The lowest BCUT2D eigenvalue weighted by atomic mass is 10.0. The molecular weight excluding hydrogens is 298 g/mol. The van der Waals surface area contributed by atoms with Crippen LogP contribution in [0.1, 0.15) is 30.4 Å². The van der Waals surface area contributed by atoms with Crippen molar-refractivity contribution >= 4 is 12.0 Å². The van der Waals surface area contributed by atoms with Crippen molar-refractivity contribution in [1.82, 2.24) is 4.90 Å². The van der Waals surface area contributed by atoms with E-state index < -0.39 is 5.97 Å². The van der Waals surface area contributed by atoms with E-state index in [4.69, 9.17) is 0 Å². The molecule has 0 radical (unpaired) electrons. The number of nitrogens with zero attached hydrogens (tertiary/aromatic N) is 1. The lowest BCUT2D eigenvalue weighted by Crippen LogP contribution is -2.36. The van der Waals surface area contributed by atoms with Gasteiger partial charge in [-0.05, 0) is 30.0 Å². The number of carboxylic acids is 1. The molecule has 1 aliphatic rings. The highest BCUT2D eigenvalue weighted by Gasteiger charge is 2.35. The molecule has 1 N–H and O–H groups in total. The summed E-state index contributed by atoms with van der Waals surface area (Å²) in [5.74, 6) is -0.960. The molecule has 0 aromatic heterocycles. The Morgan fingerprint density at radius 2 is 1.71 bits per heavy atom. The second kappa shape index (κ2) is 7.82. The molecule has 3 nitrogen and oxygen atoms in total. The molecule has 0 heterocycles. The third kappa shape index (κ3) is 4.05. The summed E-state index contributed by atoms with van der Waals surface area (Å²) in [4.78, 5) is 13.8. The quantitative estimate of drug-likeness (QED) is 0.856. The molecular formula is C21H23NO2. The fourth-order valence-electron chi connectivity index (χ4n) is 3.45. The van der Waals surface area contributed by atoms with Crippen molar-refractivity contribution < 1.29 is 9.90 Å². The standard InChI is InChI=1S/C21H23NO2/c23-21(24)19-12-7-13-20(19)22(16-18-10-5-2-6-11-18)15-14-17-8-3-1-4-9-17/h1-6,8-11,14-15,19-20H,7,12-13,16H2,(H,23,24)/t19-,20-/m1/s1. The number of hydrogen-bond donors (Lipinski definition) is 1. The summed E-state index contributed by atoms with van der Waals surface area (Å²) >= 11 is 0. The van der Waals surface area contributed by atoms with E-state index in [0.29, 0.717) is 0 Å². The van der Waals surface area contributed by atoms with Gasteiger partial charge in [-0.3, -0.25) is 4.79 Å². The Hall–Kier alpha value is -2.55. The number of benzene rings is 2. The Kier molecular flexibility index (Phi) is 5.32. The van der Waals surface area contributed by atoms with Gasteiger partial charge in [-0.15, -0.1) is 0 Å². The predicted molar refractivity (Wildman–Crippen MR) is 96.2 cm³/mol. The first-order valence-electron chi connectivity index (χ1n) is 8.50. The van der Waals surface area contributed by atoms with E-state index in [2.05, 4.69) is 41.4 Å². The molecule has 0 aliphatic heterocycles. The van der Waals surface area contributed by atoms with Crippen molar-refractivity contribution in [2.24, 2.45) is 5.92 Å². The highest BCUT2D eigenvalue weighted by atomic mass is 16.4. The maximum absolute atomic E-state index is 11.6. The van der Waals surface area contributed by atoms with E-state index in [0.717, 1.165) is 31.4 Å². The van der Waals surface area contributed by atoms with Crippen LogP contribution >= 0.6 is 0 Å². The minimum Gasteiger partial charge on any atom is -0.481 e. The van der Waals surface area contributed by atoms with Crippen molar-refractivity contribution in [3.8, 4) is 0 Å². The third-order valence-electron chi connectivity index (χ3n) is 4.69. The Labute approximate surface area is 143 Å². The largest absolute Gasteiger partial charge is 0.481 e. The van der Waals surface area contributed by atoms with Gasteiger partial charge in [0.1, 0.15) is 0 Å². The molecule has 2 atom stereocenters. The van der Waals surface area contributed by atoms with Crippen LogP contribution in [0.2, 0.25) is 0 Å². The second-order valence-corrected chi connectivity index (χ2v) is 6.33. The Morgan fingerprint density at radius 1 is 1.04 bits per heavy atom. The van der Waals surface area contributed by atoms with Gasteiger partial charge in [0, 0.05) is 18.8 Å². The molecule has 1 fully saturated rings. The highest BCUT2D eigenvalue weighted by Crippen LogP contribution is 2.31. The molecule has 24 heavy (non-hydrogen) atoms. The first kappa shape index (κ1) is 16.3. The molecule has 124 valence electrons. The van der Waals surface area contributed by atoms with Crippen LogP contribution in [0.5, 0.6) is 0 Å². The first-order chi connectivity index (χ1) is 11.7. The summed E-state index contributed by atoms with van der Waals surface area (Å²) in [6.07, 6.45) is 6.81. The molecule has 3 rings (SSSR count). The average Bonchev–Trinajstić information content (AvgIpc) is 3.10. The Bertz CT molecular complexity index is 681. The van der Waals surface area contributed by atoms with Gasteiger partial charge in [0.2, 0.25) is 0 Å². The Morgan fingerprint density at radius 3 is 2.38 bits per heavy atom. The normalized spacial score (nSPS) is 20.3. The SMILES string of the molecule is O=C(O)[C@@H]1CCC[C@H]1N(C=Cc1ccccc1)Cc1ccccc1. The van der Waals surface area contributed by atoms with Gasteiger partial charge in [0.25, 0.3) is 0 Å². The monoisotopic (exact) mass is 321 g/mol. The third-order valence-corrected chi connectivity index (χ3v) is 4.69. The maximum Gasteiger partial charge on any atom is 0.308 e. The van der Waals surface area contributed by atoms with Crippen molar-refractivity contribution in [3.63, 3.8) is 0 Å². The molecule has 0 unspecified atom stereocenters. The zero-order valence-electron chi connectivity index (χ0n) is 13.7. The van der Waals surface area contributed by atoms with E-state index in [1.165, 1.54) is 5.56 Å². The topological polar surface area (TPSA) is 40.5 Å². The number of rotatable bonds is 6. The Balaban J connectivity index is 1.83. The minimum atomic E-state index is -0.677. The van der Waals surface area contributed by atoms with Gasteiger partial charge in [-0.2, -0.15) is 0 Å². The van der Waals surface area contributed by atoms with E-state index in [-0.39, 0.29) is 12.0 Å². The minimum absolute atomic E-state index is 0.0580. The van der Waals surface area contributed by atoms with Crippen molar-refractivity contribution in [1.29, 1.82) is 0 Å². The number of carboxylic acid groups (broad SMARTS) is 1. The summed E-state index contributed by atoms with van der Waals surface area (Å²) in [7, 11) is 0. The van der Waals surface area contributed by atoms with Crippen LogP contribution < -0.4 is 0 Å². The summed E-state index contributed by atoms with van der Waals surface area (Å²) in [6.45, 7) is 0.735. The molecule has 1 aliphatic carbocycles. The second-order valence-electron chi connectivity index (χ2n) is 6.33. The molecule has 1 saturated carbocycles. The van der Waals surface area contributed by atoms with Gasteiger partial charge >= 0.3 is 5.97 Å². The molecule has 0 bridgehead atoms. The lowest BCUT2D eigenvalue weighted by Gasteiger charge is -2.30. The summed E-state index contributed by atoms with van der Waals surface area (Å²) in [5, 5.41) is 9.53. The van der Waals surface area contributed by atoms with Crippen molar-refractivity contribution in [2.45, 2.75) is 31.8 Å². The lowest BCUT2D eigenvalue weighted by molar-refractivity contribution is -0.143. The smallest absolute Gasteiger partial charge is 0.308 e. The highest BCUT2D eigenvalue weighted by molar-refractivity contribution is 5.71. The van der Waals surface area contributed by atoms with Crippen LogP contribution in [0, 0.1) is 5.92 Å². The van der Waals surface area contributed by atoms with E-state index >= 15 is 0 Å². The fraction of sp³-hybridized carbons (Fsp3) is 0.286. The van der Waals surface area contributed by atoms with Crippen LogP contribution in [-0.4, -0.2) is 22.0 Å². The van der Waals surface area contributed by atoms with Gasteiger partial charge in [0.05, 0.1) is 5.92 Å². The molecule has 2 aromatic rings. The zero-order valence-corrected chi connectivity index (χ0v) is 13.7. The number of carbonyl (C=O) groups is 1. The average molecular weight is 321 g/mol. The van der Waals surface area contributed by atoms with Crippen LogP contribution in [0.3, 0.4) is 0 Å². The zero-order chi connectivity index (χ0) is 16.8. The predicted octanol–water partition coefficient (Wildman–Crippen LogP) is 4.41. The van der Waals surface area contributed by atoms with Crippen LogP contribution in [-0.2, 0) is 11.3 Å². The first-order valence-corrected chi connectivity index (χ1v) is 8.50. The molecule has 0 spiro atoms. The van der Waals surface area contributed by atoms with Gasteiger partial charge in [0.15, 0.2) is 0 Å². The van der Waals surface area contributed by atoms with Crippen LogP contribution in [0.25, 0.3) is 6.08 Å². The number of aliphatic carboxylic acids is 1. The van der Waals surface area contributed by atoms with E-state index in [1.807, 2.05) is 36.4 Å². The molecule has 0 amide bonds. The number of hydrogen-bond acceptors (Lipinski definition) is 2. The van der Waals surface area contributed by atoms with Crippen LogP contribution in [0.4, 0.5) is 0 Å². The maximum atomic E-state index is 11.6. The van der Waals surface area contributed by atoms with Gasteiger partial charge in [-0.25, -0.2) is 0 Å². The summed E-state index contributed by atoms with van der Waals surface area (Å²) < 4.78 is 0. The van der Waals surface area contributed by atoms with E-state index in [1.54, 1.807) is 0 Å². The van der Waals surface area contributed by atoms with Crippen molar-refractivity contribution in [2.75, 3.05) is 0 Å². The van der Waals surface area contributed by atoms with Crippen molar-refractivity contribution in [3.05, 3.63) is 78.0 Å². The summed E-state index contributed by atoms with van der Waals surface area (Å²) in [5.41, 5.74) is 2.33. The molecule has 0 saturated heterocycles. The van der Waals surface area contributed by atoms with Gasteiger partial charge in [-0.1, -0.05) is 67.1 Å². The van der Waals surface area contributed by atoms with E-state index in [9.17, 15) is 9.90 Å².